The quantitative estimate of drug-likeness (QED) is 0.701. The highest BCUT2D eigenvalue weighted by molar-refractivity contribution is 6.01. The second-order valence-corrected chi connectivity index (χ2v) is 5.63. The van der Waals surface area contributed by atoms with E-state index in [0.29, 0.717) is 0 Å². The number of oxime groups is 1. The molecule has 0 N–H and O–H groups in total. The number of rotatable bonds is 3. The Morgan fingerprint density at radius 3 is 2.57 bits per heavy atom. The maximum absolute atomic E-state index is 5.73. The first-order chi connectivity index (χ1) is 11.3. The van der Waals surface area contributed by atoms with Crippen molar-refractivity contribution in [1.82, 2.24) is 0 Å². The lowest BCUT2D eigenvalue weighted by Gasteiger charge is -2.11. The fourth-order valence-corrected chi connectivity index (χ4v) is 3.03. The van der Waals surface area contributed by atoms with Gasteiger partial charge in [0, 0.05) is 12.0 Å². The molecule has 0 amide bonds. The van der Waals surface area contributed by atoms with Crippen LogP contribution >= 0.6 is 0 Å². The molecule has 1 unspecified atom stereocenters. The van der Waals surface area contributed by atoms with Gasteiger partial charge >= 0.3 is 0 Å². The van der Waals surface area contributed by atoms with Gasteiger partial charge in [-0.1, -0.05) is 47.6 Å². The summed E-state index contributed by atoms with van der Waals surface area (Å²) < 4.78 is 5.20. The summed E-state index contributed by atoms with van der Waals surface area (Å²) in [6.07, 6.45) is 0.749. The van der Waals surface area contributed by atoms with Gasteiger partial charge < -0.3 is 9.57 Å². The number of hydrogen-bond acceptors (Lipinski definition) is 3. The minimum Gasteiger partial charge on any atom is -0.497 e. The molecule has 1 atom stereocenters. The van der Waals surface area contributed by atoms with Gasteiger partial charge in [-0.2, -0.15) is 0 Å². The highest BCUT2D eigenvalue weighted by atomic mass is 16.6. The molecule has 0 fully saturated rings. The topological polar surface area (TPSA) is 30.8 Å². The molecule has 3 aromatic rings. The normalized spacial score (nSPS) is 16.9. The Bertz CT molecular complexity index is 863. The van der Waals surface area contributed by atoms with Crippen molar-refractivity contribution in [3.05, 3.63) is 77.9 Å². The Balaban J connectivity index is 1.61. The van der Waals surface area contributed by atoms with Gasteiger partial charge in [0.2, 0.25) is 0 Å². The van der Waals surface area contributed by atoms with Crippen LogP contribution in [0.4, 0.5) is 0 Å². The molecular formula is C20H17NO2. The van der Waals surface area contributed by atoms with Gasteiger partial charge in [0.15, 0.2) is 6.10 Å². The minimum absolute atomic E-state index is 0.0294. The van der Waals surface area contributed by atoms with Crippen molar-refractivity contribution < 1.29 is 9.57 Å². The van der Waals surface area contributed by atoms with E-state index in [9.17, 15) is 0 Å². The Kier molecular flexibility index (Phi) is 3.46. The number of fused-ring (bicyclic) bond motifs is 1. The third kappa shape index (κ3) is 2.55. The SMILES string of the molecule is COc1ccc(C2=NOC(c3cccc4ccccc34)C2)cc1. The molecule has 3 nitrogen and oxygen atoms in total. The second kappa shape index (κ2) is 5.76. The lowest BCUT2D eigenvalue weighted by atomic mass is 9.96. The van der Waals surface area contributed by atoms with E-state index in [1.54, 1.807) is 7.11 Å². The zero-order chi connectivity index (χ0) is 15.6. The molecule has 0 aliphatic carbocycles. The Morgan fingerprint density at radius 1 is 0.957 bits per heavy atom. The number of methoxy groups -OCH3 is 1. The Morgan fingerprint density at radius 2 is 1.74 bits per heavy atom. The molecule has 4 rings (SSSR count). The number of nitrogens with zero attached hydrogens (tertiary/aromatic N) is 1. The van der Waals surface area contributed by atoms with Crippen LogP contribution in [0.1, 0.15) is 23.7 Å². The van der Waals surface area contributed by atoms with Crippen LogP contribution in [-0.4, -0.2) is 12.8 Å². The number of ether oxygens (including phenoxy) is 1. The van der Waals surface area contributed by atoms with Crippen LogP contribution in [0, 0.1) is 0 Å². The summed E-state index contributed by atoms with van der Waals surface area (Å²) >= 11 is 0. The van der Waals surface area contributed by atoms with Gasteiger partial charge in [-0.05, 0) is 40.6 Å². The van der Waals surface area contributed by atoms with E-state index in [-0.39, 0.29) is 6.10 Å². The van der Waals surface area contributed by atoms with Crippen molar-refractivity contribution in [2.24, 2.45) is 5.16 Å². The van der Waals surface area contributed by atoms with Gasteiger partial charge in [-0.15, -0.1) is 0 Å². The third-order valence-corrected chi connectivity index (χ3v) is 4.26. The van der Waals surface area contributed by atoms with E-state index in [1.165, 1.54) is 16.3 Å². The van der Waals surface area contributed by atoms with E-state index < -0.39 is 0 Å². The smallest absolute Gasteiger partial charge is 0.158 e. The summed E-state index contributed by atoms with van der Waals surface area (Å²) in [5.41, 5.74) is 3.24. The van der Waals surface area contributed by atoms with Gasteiger partial charge in [0.25, 0.3) is 0 Å². The number of hydrogen-bond donors (Lipinski definition) is 0. The highest BCUT2D eigenvalue weighted by Gasteiger charge is 2.25. The van der Waals surface area contributed by atoms with Crippen LogP contribution in [-0.2, 0) is 4.84 Å². The van der Waals surface area contributed by atoms with Crippen molar-refractivity contribution in [3.63, 3.8) is 0 Å². The van der Waals surface area contributed by atoms with Crippen LogP contribution in [0.25, 0.3) is 10.8 Å². The van der Waals surface area contributed by atoms with Crippen LogP contribution in [0.3, 0.4) is 0 Å². The molecule has 0 radical (unpaired) electrons. The largest absolute Gasteiger partial charge is 0.497 e. The third-order valence-electron chi connectivity index (χ3n) is 4.26. The monoisotopic (exact) mass is 303 g/mol. The number of benzene rings is 3. The van der Waals surface area contributed by atoms with Crippen LogP contribution in [0.2, 0.25) is 0 Å². The van der Waals surface area contributed by atoms with E-state index in [2.05, 4.69) is 47.6 Å². The molecule has 0 saturated carbocycles. The van der Waals surface area contributed by atoms with Crippen molar-refractivity contribution in [3.8, 4) is 5.75 Å². The van der Waals surface area contributed by atoms with E-state index in [1.807, 2.05) is 24.3 Å². The van der Waals surface area contributed by atoms with Gasteiger partial charge in [0.1, 0.15) is 5.75 Å². The molecule has 114 valence electrons. The maximum Gasteiger partial charge on any atom is 0.158 e. The average molecular weight is 303 g/mol. The summed E-state index contributed by atoms with van der Waals surface area (Å²) in [7, 11) is 1.67. The van der Waals surface area contributed by atoms with Gasteiger partial charge in [0.05, 0.1) is 12.8 Å². The minimum atomic E-state index is -0.0294. The average Bonchev–Trinajstić information content (AvgIpc) is 3.11. The van der Waals surface area contributed by atoms with Crippen molar-refractivity contribution in [2.75, 3.05) is 7.11 Å². The molecule has 0 aromatic heterocycles. The first-order valence-electron chi connectivity index (χ1n) is 7.70. The molecule has 0 saturated heterocycles. The molecular weight excluding hydrogens is 286 g/mol. The molecule has 0 bridgehead atoms. The second-order valence-electron chi connectivity index (χ2n) is 5.63. The molecule has 23 heavy (non-hydrogen) atoms. The van der Waals surface area contributed by atoms with E-state index in [0.717, 1.165) is 23.4 Å². The lowest BCUT2D eigenvalue weighted by molar-refractivity contribution is 0.0868. The summed E-state index contributed by atoms with van der Waals surface area (Å²) in [5, 5.41) is 6.76. The fraction of sp³-hybridized carbons (Fsp3) is 0.150. The van der Waals surface area contributed by atoms with Gasteiger partial charge in [-0.3, -0.25) is 0 Å². The highest BCUT2D eigenvalue weighted by Crippen LogP contribution is 2.34. The first-order valence-corrected chi connectivity index (χ1v) is 7.70. The summed E-state index contributed by atoms with van der Waals surface area (Å²) in [4.78, 5) is 5.73. The predicted octanol–water partition coefficient (Wildman–Crippen LogP) is 4.71. The fourth-order valence-electron chi connectivity index (χ4n) is 3.03. The molecule has 3 aromatic carbocycles. The Labute approximate surface area is 135 Å². The zero-order valence-electron chi connectivity index (χ0n) is 12.9. The summed E-state index contributed by atoms with van der Waals surface area (Å²) in [6, 6.07) is 22.6. The molecule has 0 spiro atoms. The molecule has 3 heteroatoms. The standard InChI is InChI=1S/C20H17NO2/c1-22-16-11-9-15(10-12-16)19-13-20(23-21-19)18-8-4-6-14-5-2-3-7-17(14)18/h2-12,20H,13H2,1H3. The van der Waals surface area contributed by atoms with Crippen molar-refractivity contribution >= 4 is 16.5 Å². The lowest BCUT2D eigenvalue weighted by Crippen LogP contribution is -2.02. The van der Waals surface area contributed by atoms with Crippen LogP contribution in [0.15, 0.2) is 71.9 Å². The summed E-state index contributed by atoms with van der Waals surface area (Å²) in [6.45, 7) is 0. The predicted molar refractivity (Wildman–Crippen MR) is 91.9 cm³/mol. The summed E-state index contributed by atoms with van der Waals surface area (Å²) in [5.74, 6) is 0.846. The molecule has 1 heterocycles. The Hall–Kier alpha value is -2.81. The van der Waals surface area contributed by atoms with E-state index in [4.69, 9.17) is 9.57 Å². The maximum atomic E-state index is 5.73. The zero-order valence-corrected chi connectivity index (χ0v) is 12.9. The van der Waals surface area contributed by atoms with Crippen molar-refractivity contribution in [2.45, 2.75) is 12.5 Å². The van der Waals surface area contributed by atoms with Gasteiger partial charge in [-0.25, -0.2) is 0 Å². The van der Waals surface area contributed by atoms with Crippen LogP contribution in [0.5, 0.6) is 5.75 Å². The first kappa shape index (κ1) is 13.8. The molecule has 1 aliphatic rings. The van der Waals surface area contributed by atoms with E-state index >= 15 is 0 Å². The van der Waals surface area contributed by atoms with Crippen LogP contribution < -0.4 is 4.74 Å². The molecule has 1 aliphatic heterocycles. The van der Waals surface area contributed by atoms with Crippen molar-refractivity contribution in [1.29, 1.82) is 0 Å².